The Labute approximate surface area is 69.1 Å². The van der Waals surface area contributed by atoms with Crippen LogP contribution in [0.4, 0.5) is 4.79 Å². The first-order chi connectivity index (χ1) is 1.73. The predicted octanol–water partition coefficient (Wildman–Crippen LogP) is -2.83. The summed E-state index contributed by atoms with van der Waals surface area (Å²) in [5.74, 6) is 0. The van der Waals surface area contributed by atoms with Crippen molar-refractivity contribution in [1.82, 2.24) is 0 Å². The number of hydrogen-bond acceptors (Lipinski definition) is 3. The van der Waals surface area contributed by atoms with E-state index in [1.54, 1.807) is 0 Å². The van der Waals surface area contributed by atoms with Crippen LogP contribution in [0.1, 0.15) is 0 Å². The fourth-order valence-corrected chi connectivity index (χ4v) is 0. The van der Waals surface area contributed by atoms with E-state index in [1.807, 2.05) is 0 Å². The summed E-state index contributed by atoms with van der Waals surface area (Å²) >= 11 is 0. The summed E-state index contributed by atoms with van der Waals surface area (Å²) in [6.45, 7) is 0. The van der Waals surface area contributed by atoms with Crippen molar-refractivity contribution in [2.45, 2.75) is 0 Å². The van der Waals surface area contributed by atoms with Gasteiger partial charge < -0.3 is 15.0 Å². The number of carbonyl (C=O) groups is 1. The summed E-state index contributed by atoms with van der Waals surface area (Å²) < 4.78 is 0. The van der Waals surface area contributed by atoms with Gasteiger partial charge >= 0.3 is 0 Å². The number of carbonyl (C=O) groups excluding carboxylic acids is 1. The van der Waals surface area contributed by atoms with Crippen LogP contribution in [0.3, 0.4) is 0 Å². The molecule has 2 radical (unpaired) electrons. The van der Waals surface area contributed by atoms with Crippen molar-refractivity contribution in [3.63, 3.8) is 0 Å². The second-order valence-corrected chi connectivity index (χ2v) is 0.250. The molecule has 0 aliphatic carbocycles. The van der Waals surface area contributed by atoms with Crippen molar-refractivity contribution in [2.24, 2.45) is 0 Å². The van der Waals surface area contributed by atoms with E-state index in [0.29, 0.717) is 0 Å². The molecule has 0 spiro atoms. The Kier molecular flexibility index (Phi) is 8.98. The van der Waals surface area contributed by atoms with Crippen LogP contribution in [0.5, 0.6) is 0 Å². The van der Waals surface area contributed by atoms with Gasteiger partial charge in [0.2, 0.25) is 0 Å². The molecule has 26 valence electrons. The van der Waals surface area contributed by atoms with E-state index in [9.17, 15) is 0 Å². The monoisotopic (exact) mass is 198 g/mol. The van der Waals surface area contributed by atoms with Crippen LogP contribution in [-0.2, 0) is 0 Å². The van der Waals surface area contributed by atoms with E-state index in [2.05, 4.69) is 0 Å². The van der Waals surface area contributed by atoms with Crippen LogP contribution in [0.2, 0.25) is 0 Å². The van der Waals surface area contributed by atoms with Gasteiger partial charge in [0.25, 0.3) is 0 Å². The molecule has 5 heavy (non-hydrogen) atoms. The summed E-state index contributed by atoms with van der Waals surface area (Å²) in [6, 6.07) is 0. The Bertz CT molecular complexity index is 29.9. The molecule has 0 saturated heterocycles. The molecule has 0 aliphatic heterocycles. The normalized spacial score (nSPS) is 4.80. The van der Waals surface area contributed by atoms with Gasteiger partial charge in [-0.15, -0.1) is 0 Å². The van der Waals surface area contributed by atoms with Gasteiger partial charge in [0, 0.05) is 48.9 Å². The van der Waals surface area contributed by atoms with Crippen molar-refractivity contribution in [2.75, 3.05) is 0 Å². The Hall–Kier alpha value is 0.841. The molecular formula is CBaO3-2. The molecule has 0 atom stereocenters. The third-order valence-electron chi connectivity index (χ3n) is 0. The van der Waals surface area contributed by atoms with Crippen LogP contribution in [0.15, 0.2) is 0 Å². The molecule has 4 heteroatoms. The topological polar surface area (TPSA) is 63.2 Å². The second-order valence-electron chi connectivity index (χ2n) is 0.250. The first-order valence-corrected chi connectivity index (χ1v) is 0.612. The van der Waals surface area contributed by atoms with Gasteiger partial charge in [-0.2, -0.15) is 0 Å². The molecular weight excluding hydrogens is 197 g/mol. The van der Waals surface area contributed by atoms with E-state index in [4.69, 9.17) is 15.0 Å². The largest absolute Gasteiger partial charge is 0.652 e. The Morgan fingerprint density at radius 2 is 1.40 bits per heavy atom. The molecule has 0 amide bonds. The fraction of sp³-hybridized carbons (Fsp3) is 0. The zero-order valence-corrected chi connectivity index (χ0v) is 6.87. The second kappa shape index (κ2) is 4.84. The molecule has 0 unspecified atom stereocenters. The minimum atomic E-state index is -2.33. The van der Waals surface area contributed by atoms with Gasteiger partial charge in [-0.3, -0.25) is 0 Å². The maximum atomic E-state index is 8.33. The molecule has 0 bridgehead atoms. The van der Waals surface area contributed by atoms with E-state index in [-0.39, 0.29) is 48.9 Å². The van der Waals surface area contributed by atoms with E-state index in [1.165, 1.54) is 0 Å². The van der Waals surface area contributed by atoms with Gasteiger partial charge in [-0.1, -0.05) is 0 Å². The third kappa shape index (κ3) is 55.2. The van der Waals surface area contributed by atoms with Crippen LogP contribution in [-0.4, -0.2) is 55.0 Å². The zero-order chi connectivity index (χ0) is 3.58. The smallest absolute Gasteiger partial charge is 0 e. The molecule has 0 heterocycles. The van der Waals surface area contributed by atoms with Crippen LogP contribution < -0.4 is 10.2 Å². The Balaban J connectivity index is 0. The standard InChI is InChI=1S/CH2O3.Ba/c2-1(3)4;/h(H2,2,3,4);/p-2. The first-order valence-electron chi connectivity index (χ1n) is 0.612. The number of hydrogen-bond donors (Lipinski definition) is 0. The summed E-state index contributed by atoms with van der Waals surface area (Å²) in [6.07, 6.45) is -2.33. The third-order valence-corrected chi connectivity index (χ3v) is 0. The number of carboxylic acid groups (broad SMARTS) is 2. The molecule has 0 rings (SSSR count). The van der Waals surface area contributed by atoms with Crippen molar-refractivity contribution in [3.8, 4) is 0 Å². The van der Waals surface area contributed by atoms with Crippen molar-refractivity contribution >= 4 is 55.0 Å². The van der Waals surface area contributed by atoms with E-state index < -0.39 is 6.16 Å². The molecule has 3 nitrogen and oxygen atoms in total. The molecule has 0 aromatic rings. The van der Waals surface area contributed by atoms with E-state index >= 15 is 0 Å². The summed E-state index contributed by atoms with van der Waals surface area (Å²) in [7, 11) is 0. The minimum Gasteiger partial charge on any atom is -0.652 e. The summed E-state index contributed by atoms with van der Waals surface area (Å²) in [4.78, 5) is 8.33. The molecule has 0 N–H and O–H groups in total. The predicted molar refractivity (Wildman–Crippen MR) is 11.1 cm³/mol. The minimum absolute atomic E-state index is 0. The van der Waals surface area contributed by atoms with Crippen LogP contribution >= 0.6 is 0 Å². The van der Waals surface area contributed by atoms with Gasteiger partial charge in [0.05, 0.1) is 0 Å². The summed E-state index contributed by atoms with van der Waals surface area (Å²) in [5.41, 5.74) is 0. The van der Waals surface area contributed by atoms with Gasteiger partial charge in [-0.25, -0.2) is 0 Å². The zero-order valence-electron chi connectivity index (χ0n) is 2.43. The summed E-state index contributed by atoms with van der Waals surface area (Å²) in [5, 5.41) is 16.7. The first kappa shape index (κ1) is 9.28. The van der Waals surface area contributed by atoms with Gasteiger partial charge in [-0.05, 0) is 6.16 Å². The Morgan fingerprint density at radius 1 is 1.40 bits per heavy atom. The molecule has 0 aromatic heterocycles. The quantitative estimate of drug-likeness (QED) is 0.393. The van der Waals surface area contributed by atoms with Crippen molar-refractivity contribution < 1.29 is 15.0 Å². The SMILES string of the molecule is O=C([O-])[O-].[Ba]. The van der Waals surface area contributed by atoms with Crippen molar-refractivity contribution in [1.29, 1.82) is 0 Å². The van der Waals surface area contributed by atoms with Crippen molar-refractivity contribution in [3.05, 3.63) is 0 Å². The fourth-order valence-electron chi connectivity index (χ4n) is 0. The molecule has 0 aromatic carbocycles. The number of rotatable bonds is 0. The maximum absolute atomic E-state index is 8.33. The van der Waals surface area contributed by atoms with E-state index in [0.717, 1.165) is 0 Å². The van der Waals surface area contributed by atoms with Crippen LogP contribution in [0.25, 0.3) is 0 Å². The van der Waals surface area contributed by atoms with Crippen LogP contribution in [0, 0.1) is 0 Å². The molecule has 0 fully saturated rings. The average molecular weight is 197 g/mol. The Morgan fingerprint density at radius 3 is 1.40 bits per heavy atom. The molecule has 0 saturated carbocycles. The van der Waals surface area contributed by atoms with Gasteiger partial charge in [0.15, 0.2) is 0 Å². The molecule has 0 aliphatic rings. The maximum Gasteiger partial charge on any atom is 0 e. The van der Waals surface area contributed by atoms with Gasteiger partial charge in [0.1, 0.15) is 0 Å². The average Bonchev–Trinajstić information content (AvgIpc) is 0.811.